The number of hydrogen-bond donors (Lipinski definition) is 1. The molecule has 0 spiro atoms. The zero-order valence-electron chi connectivity index (χ0n) is 11.5. The van der Waals surface area contributed by atoms with E-state index in [1.54, 1.807) is 31.3 Å². The van der Waals surface area contributed by atoms with Crippen molar-refractivity contribution in [2.45, 2.75) is 18.4 Å². The van der Waals surface area contributed by atoms with Gasteiger partial charge in [0, 0.05) is 18.4 Å². The van der Waals surface area contributed by atoms with E-state index in [2.05, 4.69) is 4.98 Å². The van der Waals surface area contributed by atoms with E-state index in [4.69, 9.17) is 5.73 Å². The molecule has 0 radical (unpaired) electrons. The first kappa shape index (κ1) is 15.4. The molecule has 7 heteroatoms. The summed E-state index contributed by atoms with van der Waals surface area (Å²) in [7, 11) is -3.93. The number of nitrogen functional groups attached to an aromatic ring is 1. The molecule has 1 aromatic heterocycles. The smallest absolute Gasteiger partial charge is 0.246 e. The van der Waals surface area contributed by atoms with Crippen LogP contribution >= 0.6 is 0 Å². The van der Waals surface area contributed by atoms with Crippen LogP contribution in [0.15, 0.2) is 47.5 Å². The monoisotopic (exact) mass is 309 g/mol. The van der Waals surface area contributed by atoms with Crippen molar-refractivity contribution in [3.05, 3.63) is 54.1 Å². The fourth-order valence-electron chi connectivity index (χ4n) is 1.90. The summed E-state index contributed by atoms with van der Waals surface area (Å²) in [4.78, 5) is 3.71. The molecule has 0 atom stereocenters. The molecule has 2 rings (SSSR count). The van der Waals surface area contributed by atoms with Gasteiger partial charge in [-0.3, -0.25) is 4.98 Å². The second kappa shape index (κ2) is 6.19. The first-order chi connectivity index (χ1) is 9.95. The predicted octanol–water partition coefficient (Wildman–Crippen LogP) is 2.01. The SMILES string of the molecule is CCN(Cc1ccccn1)S(=O)(=O)c1ccc(N)cc1F. The first-order valence-corrected chi connectivity index (χ1v) is 7.84. The number of hydrogen-bond acceptors (Lipinski definition) is 4. The number of rotatable bonds is 5. The Balaban J connectivity index is 2.36. The fraction of sp³-hybridized carbons (Fsp3) is 0.214. The maximum Gasteiger partial charge on any atom is 0.246 e. The number of nitrogens with two attached hydrogens (primary N) is 1. The molecular formula is C14H16FN3O2S. The van der Waals surface area contributed by atoms with Crippen LogP contribution in [-0.2, 0) is 16.6 Å². The van der Waals surface area contributed by atoms with Crippen molar-refractivity contribution in [3.63, 3.8) is 0 Å². The van der Waals surface area contributed by atoms with Crippen LogP contribution in [0.2, 0.25) is 0 Å². The Morgan fingerprint density at radius 3 is 2.62 bits per heavy atom. The molecule has 0 fully saturated rings. The van der Waals surface area contributed by atoms with Gasteiger partial charge in [-0.05, 0) is 30.3 Å². The van der Waals surface area contributed by atoms with E-state index in [0.29, 0.717) is 5.69 Å². The van der Waals surface area contributed by atoms with Crippen molar-refractivity contribution < 1.29 is 12.8 Å². The topological polar surface area (TPSA) is 76.3 Å². The van der Waals surface area contributed by atoms with Gasteiger partial charge in [-0.1, -0.05) is 13.0 Å². The lowest BCUT2D eigenvalue weighted by Crippen LogP contribution is -2.31. The Labute approximate surface area is 123 Å². The summed E-state index contributed by atoms with van der Waals surface area (Å²) in [5, 5.41) is 0. The molecule has 112 valence electrons. The van der Waals surface area contributed by atoms with Crippen LogP contribution in [-0.4, -0.2) is 24.3 Å². The molecule has 2 aromatic rings. The lowest BCUT2D eigenvalue weighted by atomic mass is 10.3. The molecule has 0 bridgehead atoms. The largest absolute Gasteiger partial charge is 0.399 e. The number of nitrogens with zero attached hydrogens (tertiary/aromatic N) is 2. The van der Waals surface area contributed by atoms with Gasteiger partial charge in [0.2, 0.25) is 10.0 Å². The third-order valence-electron chi connectivity index (χ3n) is 2.99. The average Bonchev–Trinajstić information content (AvgIpc) is 2.45. The van der Waals surface area contributed by atoms with Crippen LogP contribution in [0.25, 0.3) is 0 Å². The first-order valence-electron chi connectivity index (χ1n) is 6.40. The number of pyridine rings is 1. The van der Waals surface area contributed by atoms with Gasteiger partial charge in [0.1, 0.15) is 10.7 Å². The minimum atomic E-state index is -3.93. The van der Waals surface area contributed by atoms with E-state index in [9.17, 15) is 12.8 Å². The highest BCUT2D eigenvalue weighted by molar-refractivity contribution is 7.89. The molecule has 0 unspecified atom stereocenters. The maximum absolute atomic E-state index is 13.9. The van der Waals surface area contributed by atoms with E-state index in [1.165, 1.54) is 16.4 Å². The maximum atomic E-state index is 13.9. The Morgan fingerprint density at radius 1 is 1.29 bits per heavy atom. The van der Waals surface area contributed by atoms with Gasteiger partial charge in [-0.2, -0.15) is 4.31 Å². The zero-order valence-corrected chi connectivity index (χ0v) is 12.3. The summed E-state index contributed by atoms with van der Waals surface area (Å²) in [6.07, 6.45) is 1.58. The van der Waals surface area contributed by atoms with Gasteiger partial charge in [0.05, 0.1) is 12.2 Å². The van der Waals surface area contributed by atoms with Gasteiger partial charge in [0.15, 0.2) is 0 Å². The summed E-state index contributed by atoms with van der Waals surface area (Å²) in [6, 6.07) is 8.78. The van der Waals surface area contributed by atoms with Crippen molar-refractivity contribution >= 4 is 15.7 Å². The second-order valence-electron chi connectivity index (χ2n) is 4.44. The summed E-state index contributed by atoms with van der Waals surface area (Å²) < 4.78 is 40.1. The third-order valence-corrected chi connectivity index (χ3v) is 4.94. The molecule has 0 amide bonds. The highest BCUT2D eigenvalue weighted by Gasteiger charge is 2.26. The number of benzene rings is 1. The quantitative estimate of drug-likeness (QED) is 0.857. The van der Waals surface area contributed by atoms with Crippen LogP contribution in [0.5, 0.6) is 0 Å². The normalized spacial score (nSPS) is 11.8. The Kier molecular flexibility index (Phi) is 4.54. The Hall–Kier alpha value is -1.99. The van der Waals surface area contributed by atoms with Crippen molar-refractivity contribution in [2.24, 2.45) is 0 Å². The standard InChI is InChI=1S/C14H16FN3O2S/c1-2-18(10-12-5-3-4-8-17-12)21(19,20)14-7-6-11(16)9-13(14)15/h3-9H,2,10,16H2,1H3. The van der Waals surface area contributed by atoms with E-state index in [-0.39, 0.29) is 23.7 Å². The van der Waals surface area contributed by atoms with Gasteiger partial charge in [-0.15, -0.1) is 0 Å². The Bertz CT molecular complexity index is 720. The molecule has 0 aliphatic heterocycles. The fourth-order valence-corrected chi connectivity index (χ4v) is 3.37. The molecule has 0 saturated carbocycles. The molecule has 0 saturated heterocycles. The van der Waals surface area contributed by atoms with Gasteiger partial charge in [0.25, 0.3) is 0 Å². The average molecular weight is 309 g/mol. The molecule has 1 aromatic carbocycles. The van der Waals surface area contributed by atoms with Crippen LogP contribution in [0.4, 0.5) is 10.1 Å². The molecule has 5 nitrogen and oxygen atoms in total. The lowest BCUT2D eigenvalue weighted by molar-refractivity contribution is 0.415. The minimum absolute atomic E-state index is 0.0868. The summed E-state index contributed by atoms with van der Waals surface area (Å²) >= 11 is 0. The molecule has 21 heavy (non-hydrogen) atoms. The van der Waals surface area contributed by atoms with Gasteiger partial charge >= 0.3 is 0 Å². The van der Waals surface area contributed by atoms with Crippen LogP contribution in [0.3, 0.4) is 0 Å². The molecular weight excluding hydrogens is 293 g/mol. The number of sulfonamides is 1. The zero-order chi connectivity index (χ0) is 15.5. The van der Waals surface area contributed by atoms with Crippen molar-refractivity contribution in [3.8, 4) is 0 Å². The third kappa shape index (κ3) is 3.37. The van der Waals surface area contributed by atoms with E-state index in [1.807, 2.05) is 0 Å². The van der Waals surface area contributed by atoms with E-state index in [0.717, 1.165) is 6.07 Å². The van der Waals surface area contributed by atoms with E-state index < -0.39 is 15.8 Å². The van der Waals surface area contributed by atoms with Crippen LogP contribution < -0.4 is 5.73 Å². The minimum Gasteiger partial charge on any atom is -0.399 e. The highest BCUT2D eigenvalue weighted by Crippen LogP contribution is 2.22. The molecule has 2 N–H and O–H groups in total. The van der Waals surface area contributed by atoms with E-state index >= 15 is 0 Å². The number of halogens is 1. The summed E-state index contributed by atoms with van der Waals surface area (Å²) in [5.41, 5.74) is 6.22. The predicted molar refractivity (Wildman–Crippen MR) is 78.3 cm³/mol. The molecule has 0 aliphatic rings. The van der Waals surface area contributed by atoms with Crippen molar-refractivity contribution in [1.82, 2.24) is 9.29 Å². The number of aromatic nitrogens is 1. The summed E-state index contributed by atoms with van der Waals surface area (Å²) in [6.45, 7) is 1.99. The Morgan fingerprint density at radius 2 is 2.05 bits per heavy atom. The van der Waals surface area contributed by atoms with Crippen LogP contribution in [0.1, 0.15) is 12.6 Å². The molecule has 1 heterocycles. The highest BCUT2D eigenvalue weighted by atomic mass is 32.2. The molecule has 0 aliphatic carbocycles. The van der Waals surface area contributed by atoms with Crippen molar-refractivity contribution in [1.29, 1.82) is 0 Å². The number of anilines is 1. The second-order valence-corrected chi connectivity index (χ2v) is 6.35. The van der Waals surface area contributed by atoms with Gasteiger partial charge in [-0.25, -0.2) is 12.8 Å². The lowest BCUT2D eigenvalue weighted by Gasteiger charge is -2.20. The van der Waals surface area contributed by atoms with Gasteiger partial charge < -0.3 is 5.73 Å². The van der Waals surface area contributed by atoms with Crippen molar-refractivity contribution in [2.75, 3.05) is 12.3 Å². The summed E-state index contributed by atoms with van der Waals surface area (Å²) in [5.74, 6) is -0.852. The van der Waals surface area contributed by atoms with Crippen LogP contribution in [0, 0.1) is 5.82 Å².